The lowest BCUT2D eigenvalue weighted by Gasteiger charge is -2.23. The number of carbonyl (C=O) groups excluding carboxylic acids is 2. The lowest BCUT2D eigenvalue weighted by Crippen LogP contribution is -2.31. The molecular weight excluding hydrogens is 392 g/mol. The number of fused-ring (bicyclic) bond motifs is 1. The third-order valence-electron chi connectivity index (χ3n) is 6.31. The SMILES string of the molecule is CC(=O)N1CC(C)(C)c2ccc(-c3ccc(C(N)=O)c(NCC4CCOCC4)n3)cc21. The van der Waals surface area contributed by atoms with E-state index in [1.54, 1.807) is 19.1 Å². The van der Waals surface area contributed by atoms with Crippen molar-refractivity contribution in [2.24, 2.45) is 11.7 Å². The standard InChI is InChI=1S/C24H30N4O3/c1-15(29)28-14-24(2,3)19-6-4-17(12-21(19)28)20-7-5-18(22(25)30)23(27-20)26-13-16-8-10-31-11-9-16/h4-7,12,16H,8-11,13-14H2,1-3H3,(H2,25,30)(H,26,27). The monoisotopic (exact) mass is 422 g/mol. The van der Waals surface area contributed by atoms with E-state index < -0.39 is 5.91 Å². The Bertz CT molecular complexity index is 1010. The Morgan fingerprint density at radius 1 is 1.23 bits per heavy atom. The van der Waals surface area contributed by atoms with Gasteiger partial charge in [0.05, 0.1) is 11.3 Å². The Kier molecular flexibility index (Phi) is 5.71. The fourth-order valence-electron chi connectivity index (χ4n) is 4.48. The van der Waals surface area contributed by atoms with Crippen LogP contribution in [0.4, 0.5) is 11.5 Å². The number of amides is 2. The summed E-state index contributed by atoms with van der Waals surface area (Å²) in [4.78, 5) is 30.7. The van der Waals surface area contributed by atoms with Crippen LogP contribution < -0.4 is 16.0 Å². The van der Waals surface area contributed by atoms with Crippen molar-refractivity contribution in [3.8, 4) is 11.3 Å². The first-order chi connectivity index (χ1) is 14.8. The van der Waals surface area contributed by atoms with Gasteiger partial charge in [-0.15, -0.1) is 0 Å². The number of primary amides is 1. The van der Waals surface area contributed by atoms with E-state index in [-0.39, 0.29) is 11.3 Å². The average Bonchev–Trinajstić information content (AvgIpc) is 3.03. The second-order valence-electron chi connectivity index (χ2n) is 9.11. The van der Waals surface area contributed by atoms with Gasteiger partial charge in [0.1, 0.15) is 5.82 Å². The van der Waals surface area contributed by atoms with E-state index in [1.807, 2.05) is 17.0 Å². The van der Waals surface area contributed by atoms with Crippen molar-refractivity contribution in [1.29, 1.82) is 0 Å². The smallest absolute Gasteiger partial charge is 0.252 e. The molecule has 4 rings (SSSR count). The minimum absolute atomic E-state index is 0.0276. The van der Waals surface area contributed by atoms with Crippen molar-refractivity contribution in [3.05, 3.63) is 41.5 Å². The molecule has 0 unspecified atom stereocenters. The second kappa shape index (κ2) is 8.30. The Hall–Kier alpha value is -2.93. The van der Waals surface area contributed by atoms with Crippen molar-refractivity contribution in [2.75, 3.05) is 36.5 Å². The number of hydrogen-bond donors (Lipinski definition) is 2. The highest BCUT2D eigenvalue weighted by atomic mass is 16.5. The molecule has 0 atom stereocenters. The zero-order valence-corrected chi connectivity index (χ0v) is 18.4. The number of nitrogens with zero attached hydrogens (tertiary/aromatic N) is 2. The number of nitrogens with one attached hydrogen (secondary N) is 1. The highest BCUT2D eigenvalue weighted by Gasteiger charge is 2.37. The van der Waals surface area contributed by atoms with E-state index in [0.29, 0.717) is 23.8 Å². The molecule has 2 amide bonds. The molecule has 3 heterocycles. The zero-order valence-electron chi connectivity index (χ0n) is 18.4. The summed E-state index contributed by atoms with van der Waals surface area (Å²) in [5, 5.41) is 3.33. The number of anilines is 2. The molecule has 1 fully saturated rings. The third-order valence-corrected chi connectivity index (χ3v) is 6.31. The summed E-state index contributed by atoms with van der Waals surface area (Å²) in [7, 11) is 0. The minimum atomic E-state index is -0.507. The molecule has 7 nitrogen and oxygen atoms in total. The van der Waals surface area contributed by atoms with Crippen LogP contribution in [-0.2, 0) is 14.9 Å². The molecule has 1 aromatic carbocycles. The van der Waals surface area contributed by atoms with E-state index in [0.717, 1.165) is 55.1 Å². The van der Waals surface area contributed by atoms with Gasteiger partial charge in [0, 0.05) is 49.9 Å². The number of carbonyl (C=O) groups is 2. The van der Waals surface area contributed by atoms with Gasteiger partial charge in [-0.05, 0) is 42.5 Å². The van der Waals surface area contributed by atoms with Crippen LogP contribution in [0.15, 0.2) is 30.3 Å². The maximum atomic E-state index is 12.2. The lowest BCUT2D eigenvalue weighted by atomic mass is 9.86. The van der Waals surface area contributed by atoms with Crippen LogP contribution in [0.2, 0.25) is 0 Å². The van der Waals surface area contributed by atoms with Crippen LogP contribution in [-0.4, -0.2) is 43.1 Å². The number of benzene rings is 1. The molecule has 7 heteroatoms. The number of pyridine rings is 1. The maximum absolute atomic E-state index is 12.2. The highest BCUT2D eigenvalue weighted by molar-refractivity contribution is 5.98. The number of aromatic nitrogens is 1. The molecule has 1 saturated heterocycles. The fraction of sp³-hybridized carbons (Fsp3) is 0.458. The van der Waals surface area contributed by atoms with Crippen molar-refractivity contribution < 1.29 is 14.3 Å². The van der Waals surface area contributed by atoms with Crippen LogP contribution in [0.1, 0.15) is 49.5 Å². The highest BCUT2D eigenvalue weighted by Crippen LogP contribution is 2.42. The van der Waals surface area contributed by atoms with E-state index in [2.05, 4.69) is 25.2 Å². The van der Waals surface area contributed by atoms with Gasteiger partial charge in [0.25, 0.3) is 5.91 Å². The average molecular weight is 423 g/mol. The largest absolute Gasteiger partial charge is 0.381 e. The second-order valence-corrected chi connectivity index (χ2v) is 9.11. The lowest BCUT2D eigenvalue weighted by molar-refractivity contribution is -0.116. The zero-order chi connectivity index (χ0) is 22.2. The van der Waals surface area contributed by atoms with E-state index >= 15 is 0 Å². The summed E-state index contributed by atoms with van der Waals surface area (Å²) in [6, 6.07) is 9.64. The first-order valence-corrected chi connectivity index (χ1v) is 10.8. The molecule has 164 valence electrons. The predicted molar refractivity (Wildman–Crippen MR) is 121 cm³/mol. The topological polar surface area (TPSA) is 97.5 Å². The summed E-state index contributed by atoms with van der Waals surface area (Å²) >= 11 is 0. The molecule has 2 aliphatic rings. The summed E-state index contributed by atoms with van der Waals surface area (Å²) in [6.45, 7) is 8.79. The van der Waals surface area contributed by atoms with Gasteiger partial charge in [-0.1, -0.05) is 26.0 Å². The molecule has 2 aromatic rings. The van der Waals surface area contributed by atoms with Gasteiger partial charge in [-0.2, -0.15) is 0 Å². The Morgan fingerprint density at radius 2 is 1.97 bits per heavy atom. The van der Waals surface area contributed by atoms with Gasteiger partial charge in [0.15, 0.2) is 0 Å². The molecular formula is C24H30N4O3. The summed E-state index contributed by atoms with van der Waals surface area (Å²) in [5.74, 6) is 0.499. The van der Waals surface area contributed by atoms with Gasteiger partial charge >= 0.3 is 0 Å². The maximum Gasteiger partial charge on any atom is 0.252 e. The first kappa shape index (κ1) is 21.3. The summed E-state index contributed by atoms with van der Waals surface area (Å²) < 4.78 is 5.42. The van der Waals surface area contributed by atoms with E-state index in [1.165, 1.54) is 0 Å². The molecule has 0 radical (unpaired) electrons. The Labute approximate surface area is 183 Å². The molecule has 1 aromatic heterocycles. The van der Waals surface area contributed by atoms with Gasteiger partial charge in [-0.25, -0.2) is 4.98 Å². The fourth-order valence-corrected chi connectivity index (χ4v) is 4.48. The van der Waals surface area contributed by atoms with Gasteiger partial charge in [-0.3, -0.25) is 9.59 Å². The van der Waals surface area contributed by atoms with Crippen molar-refractivity contribution in [1.82, 2.24) is 4.98 Å². The van der Waals surface area contributed by atoms with Crippen molar-refractivity contribution in [2.45, 2.75) is 39.0 Å². The van der Waals surface area contributed by atoms with E-state index in [4.69, 9.17) is 15.5 Å². The van der Waals surface area contributed by atoms with E-state index in [9.17, 15) is 9.59 Å². The molecule has 3 N–H and O–H groups in total. The van der Waals surface area contributed by atoms with Crippen LogP contribution in [0.5, 0.6) is 0 Å². The Morgan fingerprint density at radius 3 is 2.65 bits per heavy atom. The number of nitrogens with two attached hydrogens (primary N) is 1. The predicted octanol–water partition coefficient (Wildman–Crippen LogP) is 3.33. The molecule has 2 aliphatic heterocycles. The number of hydrogen-bond acceptors (Lipinski definition) is 5. The van der Waals surface area contributed by atoms with Crippen molar-refractivity contribution >= 4 is 23.3 Å². The van der Waals surface area contributed by atoms with Crippen LogP contribution in [0.3, 0.4) is 0 Å². The van der Waals surface area contributed by atoms with Crippen molar-refractivity contribution in [3.63, 3.8) is 0 Å². The summed E-state index contributed by atoms with van der Waals surface area (Å²) in [6.07, 6.45) is 1.97. The van der Waals surface area contributed by atoms with Crippen LogP contribution >= 0.6 is 0 Å². The first-order valence-electron chi connectivity index (χ1n) is 10.8. The summed E-state index contributed by atoms with van der Waals surface area (Å²) in [5.41, 5.74) is 9.57. The van der Waals surface area contributed by atoms with Gasteiger partial charge in [0.2, 0.25) is 5.91 Å². The normalized spacial score (nSPS) is 18.0. The molecule has 0 spiro atoms. The molecule has 0 saturated carbocycles. The quantitative estimate of drug-likeness (QED) is 0.770. The van der Waals surface area contributed by atoms with Crippen LogP contribution in [0, 0.1) is 5.92 Å². The van der Waals surface area contributed by atoms with Gasteiger partial charge < -0.3 is 20.7 Å². The Balaban J connectivity index is 1.66. The third kappa shape index (κ3) is 4.28. The van der Waals surface area contributed by atoms with Crippen LogP contribution in [0.25, 0.3) is 11.3 Å². The molecule has 31 heavy (non-hydrogen) atoms. The molecule has 0 bridgehead atoms. The minimum Gasteiger partial charge on any atom is -0.381 e. The number of ether oxygens (including phenoxy) is 1. The molecule has 0 aliphatic carbocycles. The number of rotatable bonds is 5.